The van der Waals surface area contributed by atoms with E-state index in [-0.39, 0.29) is 0 Å². The van der Waals surface area contributed by atoms with Crippen molar-refractivity contribution in [2.75, 3.05) is 10.6 Å². The average Bonchev–Trinajstić information content (AvgIpc) is 2.42. The highest BCUT2D eigenvalue weighted by atomic mass is 79.9. The summed E-state index contributed by atoms with van der Waals surface area (Å²) in [6.07, 6.45) is -0.587. The monoisotopic (exact) mass is 368 g/mol. The molecule has 1 atom stereocenters. The number of urea groups is 1. The highest BCUT2D eigenvalue weighted by Gasteiger charge is 2.08. The van der Waals surface area contributed by atoms with Crippen LogP contribution in [0.15, 0.2) is 46.9 Å². The van der Waals surface area contributed by atoms with Crippen LogP contribution in [0.1, 0.15) is 18.6 Å². The Bertz CT molecular complexity index is 662. The fourth-order valence-corrected chi connectivity index (χ4v) is 2.47. The van der Waals surface area contributed by atoms with Crippen LogP contribution < -0.4 is 10.6 Å². The molecule has 0 aliphatic carbocycles. The first kappa shape index (κ1) is 15.8. The van der Waals surface area contributed by atoms with Crippen LogP contribution in [0.2, 0.25) is 5.02 Å². The molecule has 1 unspecified atom stereocenters. The molecular formula is C15H14BrClN2O2. The first-order chi connectivity index (χ1) is 9.95. The molecule has 21 heavy (non-hydrogen) atoms. The summed E-state index contributed by atoms with van der Waals surface area (Å²) in [7, 11) is 0. The quantitative estimate of drug-likeness (QED) is 0.728. The molecule has 2 amide bonds. The zero-order valence-corrected chi connectivity index (χ0v) is 13.6. The zero-order chi connectivity index (χ0) is 15.4. The third-order valence-electron chi connectivity index (χ3n) is 2.81. The van der Waals surface area contributed by atoms with E-state index in [0.29, 0.717) is 16.4 Å². The molecule has 3 N–H and O–H groups in total. The molecule has 6 heteroatoms. The average molecular weight is 370 g/mol. The first-order valence-corrected chi connectivity index (χ1v) is 7.44. The maximum Gasteiger partial charge on any atom is 0.323 e. The van der Waals surface area contributed by atoms with Crippen molar-refractivity contribution in [3.63, 3.8) is 0 Å². The largest absolute Gasteiger partial charge is 0.389 e. The minimum atomic E-state index is -0.587. The van der Waals surface area contributed by atoms with Crippen LogP contribution in [0, 0.1) is 0 Å². The van der Waals surface area contributed by atoms with Crippen LogP contribution in [-0.2, 0) is 0 Å². The van der Waals surface area contributed by atoms with Gasteiger partial charge in [-0.05, 0) is 42.8 Å². The van der Waals surface area contributed by atoms with Gasteiger partial charge in [-0.3, -0.25) is 0 Å². The lowest BCUT2D eigenvalue weighted by molar-refractivity contribution is 0.199. The first-order valence-electron chi connectivity index (χ1n) is 6.27. The summed E-state index contributed by atoms with van der Waals surface area (Å²) in [5.74, 6) is 0. The van der Waals surface area contributed by atoms with E-state index < -0.39 is 12.1 Å². The van der Waals surface area contributed by atoms with Crippen molar-refractivity contribution in [3.05, 3.63) is 57.5 Å². The molecule has 0 heterocycles. The highest BCUT2D eigenvalue weighted by Crippen LogP contribution is 2.26. The number of hydrogen-bond donors (Lipinski definition) is 3. The molecule has 0 saturated carbocycles. The Kier molecular flexibility index (Phi) is 5.22. The van der Waals surface area contributed by atoms with Crippen molar-refractivity contribution in [2.24, 2.45) is 0 Å². The number of carbonyl (C=O) groups excluding carboxylic acids is 1. The molecule has 0 aliphatic heterocycles. The molecular weight excluding hydrogens is 356 g/mol. The van der Waals surface area contributed by atoms with E-state index in [0.717, 1.165) is 10.0 Å². The number of rotatable bonds is 3. The van der Waals surface area contributed by atoms with Crippen molar-refractivity contribution >= 4 is 44.9 Å². The molecule has 2 rings (SSSR count). The van der Waals surface area contributed by atoms with Crippen LogP contribution in [0.25, 0.3) is 0 Å². The molecule has 2 aromatic rings. The highest BCUT2D eigenvalue weighted by molar-refractivity contribution is 9.10. The van der Waals surface area contributed by atoms with Gasteiger partial charge in [-0.2, -0.15) is 0 Å². The summed E-state index contributed by atoms with van der Waals surface area (Å²) in [6, 6.07) is 11.8. The van der Waals surface area contributed by atoms with Crippen LogP contribution in [0.3, 0.4) is 0 Å². The summed E-state index contributed by atoms with van der Waals surface area (Å²) < 4.78 is 0.836. The van der Waals surface area contributed by atoms with Gasteiger partial charge in [-0.15, -0.1) is 0 Å². The van der Waals surface area contributed by atoms with E-state index in [2.05, 4.69) is 26.6 Å². The Balaban J connectivity index is 2.06. The van der Waals surface area contributed by atoms with Crippen molar-refractivity contribution in [1.29, 1.82) is 0 Å². The van der Waals surface area contributed by atoms with Crippen LogP contribution in [-0.4, -0.2) is 11.1 Å². The van der Waals surface area contributed by atoms with Gasteiger partial charge in [-0.1, -0.05) is 39.7 Å². The van der Waals surface area contributed by atoms with Crippen LogP contribution in [0.4, 0.5) is 16.2 Å². The Hall–Kier alpha value is -1.56. The smallest absolute Gasteiger partial charge is 0.323 e. The molecule has 0 spiro atoms. The number of benzene rings is 2. The minimum absolute atomic E-state index is 0.401. The minimum Gasteiger partial charge on any atom is -0.389 e. The second kappa shape index (κ2) is 6.93. The molecule has 0 bridgehead atoms. The molecule has 4 nitrogen and oxygen atoms in total. The summed E-state index contributed by atoms with van der Waals surface area (Å²) >= 11 is 9.34. The topological polar surface area (TPSA) is 61.4 Å². The lowest BCUT2D eigenvalue weighted by Gasteiger charge is -2.11. The van der Waals surface area contributed by atoms with Gasteiger partial charge in [0.25, 0.3) is 0 Å². The summed E-state index contributed by atoms with van der Waals surface area (Å²) in [4.78, 5) is 11.9. The predicted octanol–water partition coefficient (Wildman–Crippen LogP) is 4.80. The van der Waals surface area contributed by atoms with E-state index >= 15 is 0 Å². The SMILES string of the molecule is CC(O)c1cccc(NC(=O)Nc2ccc(Br)cc2Cl)c1. The second-order valence-electron chi connectivity index (χ2n) is 4.50. The number of hydrogen-bond acceptors (Lipinski definition) is 2. The van der Waals surface area contributed by atoms with Gasteiger partial charge in [0.15, 0.2) is 0 Å². The van der Waals surface area contributed by atoms with E-state index in [1.165, 1.54) is 0 Å². The second-order valence-corrected chi connectivity index (χ2v) is 5.83. The number of aliphatic hydroxyl groups is 1. The number of aliphatic hydroxyl groups excluding tert-OH is 1. The van der Waals surface area contributed by atoms with Crippen molar-refractivity contribution in [2.45, 2.75) is 13.0 Å². The lowest BCUT2D eigenvalue weighted by atomic mass is 10.1. The maximum atomic E-state index is 11.9. The lowest BCUT2D eigenvalue weighted by Crippen LogP contribution is -2.19. The fourth-order valence-electron chi connectivity index (χ4n) is 1.75. The number of amides is 2. The normalized spacial score (nSPS) is 11.8. The number of carbonyl (C=O) groups is 1. The Morgan fingerprint density at radius 3 is 2.67 bits per heavy atom. The number of nitrogens with one attached hydrogen (secondary N) is 2. The standard InChI is InChI=1S/C15H14BrClN2O2/c1-9(20)10-3-2-4-12(7-10)18-15(21)19-14-6-5-11(16)8-13(14)17/h2-9,20H,1H3,(H2,18,19,21). The van der Waals surface area contributed by atoms with Gasteiger partial charge in [0.1, 0.15) is 0 Å². The molecule has 110 valence electrons. The van der Waals surface area contributed by atoms with Gasteiger partial charge in [0.2, 0.25) is 0 Å². The van der Waals surface area contributed by atoms with Gasteiger partial charge in [-0.25, -0.2) is 4.79 Å². The van der Waals surface area contributed by atoms with Gasteiger partial charge in [0, 0.05) is 10.2 Å². The summed E-state index contributed by atoms with van der Waals surface area (Å²) in [6.45, 7) is 1.67. The predicted molar refractivity (Wildman–Crippen MR) is 88.9 cm³/mol. The van der Waals surface area contributed by atoms with Gasteiger partial charge < -0.3 is 15.7 Å². The Morgan fingerprint density at radius 1 is 1.24 bits per heavy atom. The van der Waals surface area contributed by atoms with Crippen LogP contribution >= 0.6 is 27.5 Å². The summed E-state index contributed by atoms with van der Waals surface area (Å²) in [5.41, 5.74) is 1.85. The van der Waals surface area contributed by atoms with Crippen molar-refractivity contribution < 1.29 is 9.90 Å². The van der Waals surface area contributed by atoms with Crippen molar-refractivity contribution in [3.8, 4) is 0 Å². The van der Waals surface area contributed by atoms with E-state index in [1.54, 1.807) is 49.4 Å². The number of halogens is 2. The summed E-state index contributed by atoms with van der Waals surface area (Å²) in [5, 5.41) is 15.3. The Morgan fingerprint density at radius 2 is 2.00 bits per heavy atom. The molecule has 2 aromatic carbocycles. The molecule has 0 radical (unpaired) electrons. The van der Waals surface area contributed by atoms with E-state index in [1.807, 2.05) is 0 Å². The number of anilines is 2. The van der Waals surface area contributed by atoms with Gasteiger partial charge >= 0.3 is 6.03 Å². The van der Waals surface area contributed by atoms with Crippen molar-refractivity contribution in [1.82, 2.24) is 0 Å². The van der Waals surface area contributed by atoms with Gasteiger partial charge in [0.05, 0.1) is 16.8 Å². The third kappa shape index (κ3) is 4.46. The molecule has 0 fully saturated rings. The zero-order valence-electron chi connectivity index (χ0n) is 11.2. The maximum absolute atomic E-state index is 11.9. The molecule has 0 aliphatic rings. The Labute approximate surface area is 136 Å². The fraction of sp³-hybridized carbons (Fsp3) is 0.133. The van der Waals surface area contributed by atoms with E-state index in [4.69, 9.17) is 11.6 Å². The van der Waals surface area contributed by atoms with Crippen LogP contribution in [0.5, 0.6) is 0 Å². The third-order valence-corrected chi connectivity index (χ3v) is 3.61. The molecule has 0 saturated heterocycles. The van der Waals surface area contributed by atoms with E-state index in [9.17, 15) is 9.90 Å². The molecule has 0 aromatic heterocycles.